The lowest BCUT2D eigenvalue weighted by atomic mass is 10.2. The van der Waals surface area contributed by atoms with Gasteiger partial charge in [0.1, 0.15) is 5.75 Å². The van der Waals surface area contributed by atoms with Crippen molar-refractivity contribution in [3.05, 3.63) is 59.7 Å². The first-order valence-corrected chi connectivity index (χ1v) is 9.79. The molecule has 0 unspecified atom stereocenters. The van der Waals surface area contributed by atoms with Crippen molar-refractivity contribution in [3.8, 4) is 5.75 Å². The van der Waals surface area contributed by atoms with E-state index in [4.69, 9.17) is 17.0 Å². The fourth-order valence-electron chi connectivity index (χ4n) is 2.40. The number of hydrogen-bond donors (Lipinski definition) is 4. The molecule has 0 saturated carbocycles. The standard InChI is InChI=1S/C21H24N4O4S/c1-3-4-5-18(26)22-16-10-6-15(7-11-16)20(28)24-25-21(30)23-19(27)14-8-12-17(29-2)13-9-14/h6-13H,3-5H2,1-2H3,(H,22,26)(H,24,28)(H2,23,25,27,30). The van der Waals surface area contributed by atoms with Crippen molar-refractivity contribution in [1.29, 1.82) is 0 Å². The summed E-state index contributed by atoms with van der Waals surface area (Å²) in [6.07, 6.45) is 2.23. The van der Waals surface area contributed by atoms with E-state index in [0.29, 0.717) is 29.0 Å². The zero-order chi connectivity index (χ0) is 21.9. The summed E-state index contributed by atoms with van der Waals surface area (Å²) in [6, 6.07) is 12.9. The van der Waals surface area contributed by atoms with Crippen molar-refractivity contribution in [2.75, 3.05) is 12.4 Å². The first-order chi connectivity index (χ1) is 14.4. The van der Waals surface area contributed by atoms with Crippen LogP contribution in [-0.4, -0.2) is 29.9 Å². The van der Waals surface area contributed by atoms with Gasteiger partial charge in [-0.15, -0.1) is 0 Å². The van der Waals surface area contributed by atoms with Crippen LogP contribution in [0.5, 0.6) is 5.75 Å². The molecule has 0 fully saturated rings. The normalized spacial score (nSPS) is 9.93. The molecule has 3 amide bonds. The molecule has 0 spiro atoms. The zero-order valence-electron chi connectivity index (χ0n) is 16.8. The van der Waals surface area contributed by atoms with Gasteiger partial charge in [0.2, 0.25) is 5.91 Å². The maximum atomic E-state index is 12.2. The lowest BCUT2D eigenvalue weighted by Gasteiger charge is -2.11. The number of carbonyl (C=O) groups is 3. The predicted molar refractivity (Wildman–Crippen MR) is 118 cm³/mol. The molecular weight excluding hydrogens is 404 g/mol. The first kappa shape index (κ1) is 22.8. The second-order valence-corrected chi connectivity index (χ2v) is 6.73. The Morgan fingerprint density at radius 3 is 2.10 bits per heavy atom. The number of benzene rings is 2. The molecule has 2 rings (SSSR count). The summed E-state index contributed by atoms with van der Waals surface area (Å²) in [6.45, 7) is 2.02. The topological polar surface area (TPSA) is 109 Å². The number of hydrazine groups is 1. The van der Waals surface area contributed by atoms with Gasteiger partial charge in [-0.05, 0) is 67.2 Å². The molecule has 158 valence electrons. The fraction of sp³-hybridized carbons (Fsp3) is 0.238. The van der Waals surface area contributed by atoms with Gasteiger partial charge in [-0.3, -0.25) is 30.6 Å². The number of thiocarbonyl (C=S) groups is 1. The highest BCUT2D eigenvalue weighted by atomic mass is 32.1. The SMILES string of the molecule is CCCCC(=O)Nc1ccc(C(=O)NNC(=S)NC(=O)c2ccc(OC)cc2)cc1. The molecule has 0 aromatic heterocycles. The Balaban J connectivity index is 1.80. The fourth-order valence-corrected chi connectivity index (χ4v) is 2.54. The van der Waals surface area contributed by atoms with E-state index in [0.717, 1.165) is 12.8 Å². The Morgan fingerprint density at radius 1 is 0.900 bits per heavy atom. The number of unbranched alkanes of at least 4 members (excludes halogenated alkanes) is 1. The molecule has 0 aliphatic carbocycles. The highest BCUT2D eigenvalue weighted by molar-refractivity contribution is 7.80. The zero-order valence-corrected chi connectivity index (χ0v) is 17.6. The van der Waals surface area contributed by atoms with Crippen LogP contribution >= 0.6 is 12.2 Å². The van der Waals surface area contributed by atoms with Crippen LogP contribution in [0.4, 0.5) is 5.69 Å². The average molecular weight is 429 g/mol. The average Bonchev–Trinajstić information content (AvgIpc) is 2.76. The quantitative estimate of drug-likeness (QED) is 0.399. The molecule has 2 aromatic carbocycles. The van der Waals surface area contributed by atoms with Gasteiger partial charge in [-0.1, -0.05) is 13.3 Å². The summed E-state index contributed by atoms with van der Waals surface area (Å²) in [7, 11) is 1.54. The second-order valence-electron chi connectivity index (χ2n) is 6.32. The van der Waals surface area contributed by atoms with E-state index < -0.39 is 11.8 Å². The van der Waals surface area contributed by atoms with Crippen LogP contribution in [0.1, 0.15) is 46.9 Å². The molecular formula is C21H24N4O4S. The van der Waals surface area contributed by atoms with Crippen LogP contribution in [0, 0.1) is 0 Å². The second kappa shape index (κ2) is 11.5. The van der Waals surface area contributed by atoms with Gasteiger partial charge in [0, 0.05) is 23.2 Å². The van der Waals surface area contributed by atoms with Crippen LogP contribution in [-0.2, 0) is 4.79 Å². The number of carbonyl (C=O) groups excluding carboxylic acids is 3. The minimum Gasteiger partial charge on any atom is -0.497 e. The molecule has 8 nitrogen and oxygen atoms in total. The van der Waals surface area contributed by atoms with Crippen molar-refractivity contribution in [2.45, 2.75) is 26.2 Å². The minimum absolute atomic E-state index is 0.0519. The van der Waals surface area contributed by atoms with Gasteiger partial charge in [-0.2, -0.15) is 0 Å². The Morgan fingerprint density at radius 2 is 1.50 bits per heavy atom. The maximum Gasteiger partial charge on any atom is 0.269 e. The summed E-state index contributed by atoms with van der Waals surface area (Å²) >= 11 is 5.02. The van der Waals surface area contributed by atoms with E-state index in [2.05, 4.69) is 21.5 Å². The van der Waals surface area contributed by atoms with Crippen molar-refractivity contribution in [1.82, 2.24) is 16.2 Å². The maximum absolute atomic E-state index is 12.2. The third kappa shape index (κ3) is 7.17. The summed E-state index contributed by atoms with van der Waals surface area (Å²) < 4.78 is 5.04. The van der Waals surface area contributed by atoms with E-state index in [1.807, 2.05) is 6.92 Å². The third-order valence-corrected chi connectivity index (χ3v) is 4.26. The number of anilines is 1. The molecule has 0 aliphatic heterocycles. The number of rotatable bonds is 7. The van der Waals surface area contributed by atoms with Gasteiger partial charge in [0.25, 0.3) is 11.8 Å². The predicted octanol–water partition coefficient (Wildman–Crippen LogP) is 2.77. The molecule has 2 aromatic rings. The molecule has 9 heteroatoms. The van der Waals surface area contributed by atoms with Gasteiger partial charge in [0.15, 0.2) is 5.11 Å². The van der Waals surface area contributed by atoms with Crippen LogP contribution in [0.2, 0.25) is 0 Å². The largest absolute Gasteiger partial charge is 0.497 e. The number of methoxy groups -OCH3 is 1. The van der Waals surface area contributed by atoms with E-state index in [9.17, 15) is 14.4 Å². The van der Waals surface area contributed by atoms with Crippen molar-refractivity contribution in [2.24, 2.45) is 0 Å². The van der Waals surface area contributed by atoms with Gasteiger partial charge in [-0.25, -0.2) is 0 Å². The molecule has 0 bridgehead atoms. The van der Waals surface area contributed by atoms with E-state index in [1.165, 1.54) is 7.11 Å². The van der Waals surface area contributed by atoms with Crippen LogP contribution in [0.3, 0.4) is 0 Å². The Labute approximate surface area is 180 Å². The Bertz CT molecular complexity index is 898. The van der Waals surface area contributed by atoms with Crippen LogP contribution < -0.4 is 26.2 Å². The first-order valence-electron chi connectivity index (χ1n) is 9.38. The summed E-state index contributed by atoms with van der Waals surface area (Å²) in [4.78, 5) is 36.1. The van der Waals surface area contributed by atoms with Crippen LogP contribution in [0.15, 0.2) is 48.5 Å². The molecule has 0 heterocycles. The number of nitrogens with one attached hydrogen (secondary N) is 4. The summed E-state index contributed by atoms with van der Waals surface area (Å²) in [5.41, 5.74) is 6.25. The minimum atomic E-state index is -0.445. The van der Waals surface area contributed by atoms with Crippen molar-refractivity contribution < 1.29 is 19.1 Å². The van der Waals surface area contributed by atoms with Gasteiger partial charge < -0.3 is 10.1 Å². The lowest BCUT2D eigenvalue weighted by molar-refractivity contribution is -0.116. The smallest absolute Gasteiger partial charge is 0.269 e. The molecule has 0 atom stereocenters. The van der Waals surface area contributed by atoms with E-state index in [-0.39, 0.29) is 11.0 Å². The summed E-state index contributed by atoms with van der Waals surface area (Å²) in [5, 5.41) is 5.19. The van der Waals surface area contributed by atoms with Gasteiger partial charge in [0.05, 0.1) is 7.11 Å². The highest BCUT2D eigenvalue weighted by Gasteiger charge is 2.10. The number of hydrogen-bond acceptors (Lipinski definition) is 5. The highest BCUT2D eigenvalue weighted by Crippen LogP contribution is 2.11. The molecule has 0 radical (unpaired) electrons. The van der Waals surface area contributed by atoms with Crippen molar-refractivity contribution in [3.63, 3.8) is 0 Å². The number of ether oxygens (including phenoxy) is 1. The van der Waals surface area contributed by atoms with Crippen molar-refractivity contribution >= 4 is 40.7 Å². The Kier molecular flexibility index (Phi) is 8.76. The van der Waals surface area contributed by atoms with Gasteiger partial charge >= 0.3 is 0 Å². The van der Waals surface area contributed by atoms with E-state index in [1.54, 1.807) is 48.5 Å². The molecule has 0 aliphatic rings. The molecule has 30 heavy (non-hydrogen) atoms. The molecule has 4 N–H and O–H groups in total. The number of amides is 3. The molecule has 0 saturated heterocycles. The van der Waals surface area contributed by atoms with E-state index >= 15 is 0 Å². The van der Waals surface area contributed by atoms with Crippen LogP contribution in [0.25, 0.3) is 0 Å². The lowest BCUT2D eigenvalue weighted by Crippen LogP contribution is -2.48. The monoisotopic (exact) mass is 428 g/mol. The Hall–Kier alpha value is -3.46. The third-order valence-electron chi connectivity index (χ3n) is 4.06. The summed E-state index contributed by atoms with van der Waals surface area (Å²) in [5.74, 6) is -0.299.